The number of phenols is 1. The van der Waals surface area contributed by atoms with E-state index in [1.165, 1.54) is 50.4 Å². The zero-order valence-electron chi connectivity index (χ0n) is 23.6. The number of nitrogens with zero attached hydrogens (tertiary/aromatic N) is 5. The monoisotopic (exact) mass is 589 g/mol. The minimum atomic E-state index is -0.751. The van der Waals surface area contributed by atoms with Crippen molar-refractivity contribution in [1.29, 1.82) is 0 Å². The number of aromatic hydroxyl groups is 1. The van der Waals surface area contributed by atoms with E-state index in [-0.39, 0.29) is 51.6 Å². The highest BCUT2D eigenvalue weighted by Crippen LogP contribution is 2.40. The predicted molar refractivity (Wildman–Crippen MR) is 156 cm³/mol. The van der Waals surface area contributed by atoms with E-state index in [0.717, 1.165) is 19.4 Å². The normalized spacial score (nSPS) is 24.3. The summed E-state index contributed by atoms with van der Waals surface area (Å²) in [7, 11) is 1.41. The van der Waals surface area contributed by atoms with E-state index in [1.807, 2.05) is 0 Å². The summed E-state index contributed by atoms with van der Waals surface area (Å²) in [6.45, 7) is 3.06. The van der Waals surface area contributed by atoms with Gasteiger partial charge in [-0.2, -0.15) is 9.97 Å². The van der Waals surface area contributed by atoms with E-state index in [9.17, 15) is 13.9 Å². The zero-order chi connectivity index (χ0) is 29.8. The highest BCUT2D eigenvalue weighted by Gasteiger charge is 2.41. The first-order valence-electron chi connectivity index (χ1n) is 14.4. The molecule has 0 saturated carbocycles. The first kappa shape index (κ1) is 27.7. The molecule has 11 heteroatoms. The summed E-state index contributed by atoms with van der Waals surface area (Å²) < 4.78 is 54.1. The summed E-state index contributed by atoms with van der Waals surface area (Å²) in [6, 6.07) is 6.19. The van der Waals surface area contributed by atoms with Crippen molar-refractivity contribution in [1.82, 2.24) is 19.9 Å². The van der Waals surface area contributed by atoms with E-state index in [2.05, 4.69) is 30.7 Å². The second-order valence-electron chi connectivity index (χ2n) is 11.5. The predicted octanol–water partition coefficient (Wildman–Crippen LogP) is 4.99. The van der Waals surface area contributed by atoms with Gasteiger partial charge in [0, 0.05) is 36.3 Å². The van der Waals surface area contributed by atoms with Gasteiger partial charge < -0.3 is 19.5 Å². The number of alkyl halides is 1. The van der Waals surface area contributed by atoms with Gasteiger partial charge in [-0.1, -0.05) is 12.0 Å². The molecule has 0 spiro atoms. The minimum absolute atomic E-state index is 0.00527. The Morgan fingerprint density at radius 3 is 2.72 bits per heavy atom. The van der Waals surface area contributed by atoms with E-state index in [0.29, 0.717) is 42.3 Å². The Kier molecular flexibility index (Phi) is 6.98. The third kappa shape index (κ3) is 4.79. The number of aromatic nitrogens is 3. The number of phenolic OH excluding ortho intramolecular Hbond substituents is 1. The molecule has 4 unspecified atom stereocenters. The van der Waals surface area contributed by atoms with Crippen molar-refractivity contribution in [2.45, 2.75) is 50.0 Å². The number of halogens is 3. The summed E-state index contributed by atoms with van der Waals surface area (Å²) in [5.41, 5.74) is 0.0108. The van der Waals surface area contributed by atoms with Crippen molar-refractivity contribution in [2.75, 3.05) is 38.3 Å². The largest absolute Gasteiger partial charge is 0.508 e. The molecule has 0 radical (unpaired) electrons. The fraction of sp³-hybridized carbons (Fsp3) is 0.406. The number of morpholine rings is 1. The first-order valence-corrected chi connectivity index (χ1v) is 14.4. The van der Waals surface area contributed by atoms with Gasteiger partial charge in [-0.3, -0.25) is 9.88 Å². The highest BCUT2D eigenvalue weighted by atomic mass is 19.1. The Balaban J connectivity index is 0.000000283. The average molecular weight is 590 g/mol. The summed E-state index contributed by atoms with van der Waals surface area (Å²) in [5.74, 6) is 1.35. The number of benzene rings is 2. The molecule has 0 amide bonds. The second kappa shape index (κ2) is 10.8. The zero-order valence-corrected chi connectivity index (χ0v) is 23.6. The molecule has 0 aliphatic carbocycles. The Bertz CT molecular complexity index is 1770. The molecule has 6 heterocycles. The number of terminal acetylenes is 1. The molecule has 4 aliphatic rings. The van der Waals surface area contributed by atoms with Crippen LogP contribution in [0.5, 0.6) is 11.8 Å². The fourth-order valence-electron chi connectivity index (χ4n) is 6.96. The number of hydrogen-bond acceptors (Lipinski definition) is 8. The Morgan fingerprint density at radius 2 is 2.00 bits per heavy atom. The number of ether oxygens (including phenoxy) is 2. The highest BCUT2D eigenvalue weighted by molar-refractivity contribution is 6.03. The molecular weight excluding hydrogens is 559 g/mol. The van der Waals surface area contributed by atoms with Crippen LogP contribution in [-0.4, -0.2) is 82.7 Å². The van der Waals surface area contributed by atoms with E-state index >= 15 is 4.39 Å². The van der Waals surface area contributed by atoms with Gasteiger partial charge in [0.2, 0.25) is 0 Å². The van der Waals surface area contributed by atoms with Crippen LogP contribution < -0.4 is 9.64 Å². The average Bonchev–Trinajstić information content (AvgIpc) is 3.80. The lowest BCUT2D eigenvalue weighted by atomic mass is 9.96. The van der Waals surface area contributed by atoms with E-state index in [4.69, 9.17) is 15.9 Å². The van der Waals surface area contributed by atoms with Crippen LogP contribution >= 0.6 is 0 Å². The molecule has 8 rings (SSSR count). The smallest absolute Gasteiger partial charge is 0.318 e. The Hall–Kier alpha value is -4.14. The molecule has 4 fully saturated rings. The topological polar surface area (TPSA) is 83.8 Å². The lowest BCUT2D eigenvalue weighted by molar-refractivity contribution is 0.0989. The molecule has 2 aromatic carbocycles. The summed E-state index contributed by atoms with van der Waals surface area (Å²) in [6.07, 6.45) is 10.8. The number of hydrogen-bond donors (Lipinski definition) is 1. The maximum atomic E-state index is 16.0. The quantitative estimate of drug-likeness (QED) is 0.335. The second-order valence-corrected chi connectivity index (χ2v) is 11.5. The lowest BCUT2D eigenvalue weighted by Crippen LogP contribution is -2.37. The third-order valence-electron chi connectivity index (χ3n) is 8.91. The molecule has 4 saturated heterocycles. The van der Waals surface area contributed by atoms with Crippen LogP contribution in [0.15, 0.2) is 30.5 Å². The number of anilines is 1. The van der Waals surface area contributed by atoms with Crippen molar-refractivity contribution in [2.24, 2.45) is 0 Å². The van der Waals surface area contributed by atoms with Crippen molar-refractivity contribution >= 4 is 27.5 Å². The molecule has 4 aliphatic heterocycles. The van der Waals surface area contributed by atoms with Crippen LogP contribution in [0.25, 0.3) is 32.9 Å². The summed E-state index contributed by atoms with van der Waals surface area (Å²) in [5, 5.41) is 11.4. The van der Waals surface area contributed by atoms with Crippen LogP contribution in [0.4, 0.5) is 19.0 Å². The lowest BCUT2D eigenvalue weighted by Gasteiger charge is -2.28. The molecule has 1 N–H and O–H groups in total. The maximum absolute atomic E-state index is 16.0. The summed E-state index contributed by atoms with van der Waals surface area (Å²) in [4.78, 5) is 17.4. The molecule has 2 aromatic heterocycles. The van der Waals surface area contributed by atoms with Crippen LogP contribution in [0.2, 0.25) is 0 Å². The molecule has 8 nitrogen and oxygen atoms in total. The van der Waals surface area contributed by atoms with Crippen molar-refractivity contribution < 1.29 is 27.8 Å². The van der Waals surface area contributed by atoms with Gasteiger partial charge in [0.15, 0.2) is 5.82 Å². The van der Waals surface area contributed by atoms with Crippen LogP contribution in [0, 0.1) is 24.0 Å². The minimum Gasteiger partial charge on any atom is -0.508 e. The van der Waals surface area contributed by atoms with Gasteiger partial charge in [0.05, 0.1) is 36.8 Å². The van der Waals surface area contributed by atoms with Crippen LogP contribution in [0.1, 0.15) is 31.2 Å². The molecule has 43 heavy (non-hydrogen) atoms. The van der Waals surface area contributed by atoms with Crippen molar-refractivity contribution in [3.8, 4) is 35.4 Å². The summed E-state index contributed by atoms with van der Waals surface area (Å²) >= 11 is 0. The molecular formula is C32H30F3N5O3. The van der Waals surface area contributed by atoms with Crippen molar-refractivity contribution in [3.05, 3.63) is 47.7 Å². The molecule has 2 bridgehead atoms. The third-order valence-corrected chi connectivity index (χ3v) is 8.91. The van der Waals surface area contributed by atoms with Gasteiger partial charge in [-0.15, -0.1) is 6.42 Å². The number of fused-ring (bicyclic) bond motifs is 5. The van der Waals surface area contributed by atoms with E-state index in [1.54, 1.807) is 0 Å². The van der Waals surface area contributed by atoms with Gasteiger partial charge in [0.1, 0.15) is 34.8 Å². The van der Waals surface area contributed by atoms with Gasteiger partial charge >= 0.3 is 6.01 Å². The maximum Gasteiger partial charge on any atom is 0.318 e. The van der Waals surface area contributed by atoms with E-state index < -0.39 is 17.8 Å². The molecule has 4 aromatic rings. The van der Waals surface area contributed by atoms with Gasteiger partial charge in [0.25, 0.3) is 0 Å². The number of methoxy groups -OCH3 is 1. The Labute approximate surface area is 246 Å². The van der Waals surface area contributed by atoms with Gasteiger partial charge in [-0.05, 0) is 55.8 Å². The molecule has 222 valence electrons. The van der Waals surface area contributed by atoms with Gasteiger partial charge in [-0.25, -0.2) is 13.2 Å². The van der Waals surface area contributed by atoms with Crippen LogP contribution in [0.3, 0.4) is 0 Å². The van der Waals surface area contributed by atoms with Crippen molar-refractivity contribution in [3.63, 3.8) is 0 Å². The SMILES string of the molecule is C#Cc1c(F)ccc2cc(O)cc(-c3ncc4c(N5CC6CC5CO6)nc(OC)nc4c3F)c12.FC1CC2CCCN2C1. The number of pyridine rings is 1. The fourth-order valence-corrected chi connectivity index (χ4v) is 6.96. The van der Waals surface area contributed by atoms with Crippen LogP contribution in [-0.2, 0) is 4.74 Å². The molecule has 4 atom stereocenters. The first-order chi connectivity index (χ1) is 20.8. The standard InChI is InChI=1S/C25H18F2N4O3.C7H12FN/c1-3-16-19(26)5-4-12-6-14(32)8-17(20(12)16)22-21(27)23-18(9-28-22)24(30-25(29-23)33-2)31-10-15-7-13(31)11-34-15;8-6-4-7-2-1-3-9(7)5-6/h1,4-6,8-9,13,15,32H,7,10-11H2,2H3;6-7H,1-5H2. The Morgan fingerprint density at radius 1 is 1.14 bits per heavy atom. The number of rotatable bonds is 3.